The van der Waals surface area contributed by atoms with Crippen molar-refractivity contribution >= 4 is 50.5 Å². The summed E-state index contributed by atoms with van der Waals surface area (Å²) in [4.78, 5) is 17.6. The van der Waals surface area contributed by atoms with E-state index in [0.29, 0.717) is 16.2 Å². The van der Waals surface area contributed by atoms with E-state index in [2.05, 4.69) is 38.8 Å². The molecule has 0 spiro atoms. The van der Waals surface area contributed by atoms with Crippen molar-refractivity contribution in [2.24, 2.45) is 12.0 Å². The molecule has 0 aliphatic carbocycles. The summed E-state index contributed by atoms with van der Waals surface area (Å²) in [6.45, 7) is 1.96. The average Bonchev–Trinajstić information content (AvgIpc) is 2.57. The molecule has 1 unspecified atom stereocenters. The van der Waals surface area contributed by atoms with Crippen LogP contribution >= 0.6 is 46.1 Å². The van der Waals surface area contributed by atoms with E-state index in [1.54, 1.807) is 25.0 Å². The van der Waals surface area contributed by atoms with Gasteiger partial charge in [-0.05, 0) is 47.2 Å². The summed E-state index contributed by atoms with van der Waals surface area (Å²) in [5.74, 6) is 0.652. The Labute approximate surface area is 161 Å². The first-order valence-corrected chi connectivity index (χ1v) is 10.0. The molecule has 5 nitrogen and oxygen atoms in total. The van der Waals surface area contributed by atoms with Crippen molar-refractivity contribution in [3.05, 3.63) is 55.0 Å². The second-order valence-electron chi connectivity index (χ2n) is 5.23. The van der Waals surface area contributed by atoms with E-state index in [4.69, 9.17) is 0 Å². The van der Waals surface area contributed by atoms with Crippen molar-refractivity contribution in [2.75, 3.05) is 0 Å². The number of hydrogen-bond donors (Lipinski definition) is 0. The van der Waals surface area contributed by atoms with Crippen LogP contribution in [0.2, 0.25) is 0 Å². The molecule has 1 aromatic heterocycles. The Bertz CT molecular complexity index is 933. The molecule has 2 aromatic rings. The van der Waals surface area contributed by atoms with Gasteiger partial charge >= 0.3 is 0 Å². The number of fused-ring (bicyclic) bond motifs is 1. The van der Waals surface area contributed by atoms with Crippen molar-refractivity contribution < 1.29 is 0 Å². The summed E-state index contributed by atoms with van der Waals surface area (Å²) >= 11 is 5.15. The Morgan fingerprint density at radius 2 is 2.29 bits per heavy atom. The molecule has 8 heteroatoms. The molecule has 2 heterocycles. The molecular formula is C16H13IN4OS2. The Morgan fingerprint density at radius 3 is 3.04 bits per heavy atom. The highest BCUT2D eigenvalue weighted by atomic mass is 127. The predicted molar refractivity (Wildman–Crippen MR) is 106 cm³/mol. The quantitative estimate of drug-likeness (QED) is 0.629. The molecule has 0 amide bonds. The number of benzene rings is 1. The van der Waals surface area contributed by atoms with Crippen molar-refractivity contribution in [3.8, 4) is 6.07 Å². The molecule has 3 rings (SSSR count). The third-order valence-electron chi connectivity index (χ3n) is 3.60. The van der Waals surface area contributed by atoms with E-state index in [9.17, 15) is 10.1 Å². The van der Waals surface area contributed by atoms with E-state index >= 15 is 0 Å². The first-order chi connectivity index (χ1) is 11.5. The van der Waals surface area contributed by atoms with Crippen LogP contribution in [0, 0.1) is 14.9 Å². The molecule has 0 fully saturated rings. The Kier molecular flexibility index (Phi) is 5.32. The summed E-state index contributed by atoms with van der Waals surface area (Å²) in [6, 6.07) is 8.00. The maximum absolute atomic E-state index is 12.3. The van der Waals surface area contributed by atoms with E-state index in [1.165, 1.54) is 16.4 Å². The minimum atomic E-state index is -0.0932. The molecular weight excluding hydrogens is 455 g/mol. The Balaban J connectivity index is 1.82. The maximum atomic E-state index is 12.3. The van der Waals surface area contributed by atoms with Crippen LogP contribution in [-0.2, 0) is 12.8 Å². The average molecular weight is 468 g/mol. The molecule has 0 N–H and O–H groups in total. The number of hydrogen-bond acceptors (Lipinski definition) is 6. The SMILES string of the molecule is CC1N=C(SCc2ccc(I)cc2C#N)Sc2c1cnn(C)c2=O. The minimum absolute atomic E-state index is 0.0858. The van der Waals surface area contributed by atoms with Gasteiger partial charge in [0.15, 0.2) is 0 Å². The summed E-state index contributed by atoms with van der Waals surface area (Å²) in [5.41, 5.74) is 2.44. The minimum Gasteiger partial charge on any atom is -0.267 e. The first-order valence-electron chi connectivity index (χ1n) is 7.12. The predicted octanol–water partition coefficient (Wildman–Crippen LogP) is 3.71. The zero-order valence-corrected chi connectivity index (χ0v) is 16.8. The normalized spacial score (nSPS) is 16.2. The number of aryl methyl sites for hydroxylation is 1. The smallest absolute Gasteiger partial charge is 0.267 e. The van der Waals surface area contributed by atoms with Crippen molar-refractivity contribution in [1.82, 2.24) is 9.78 Å². The fourth-order valence-corrected chi connectivity index (χ4v) is 5.12. The van der Waals surface area contributed by atoms with Gasteiger partial charge in [-0.3, -0.25) is 9.79 Å². The number of nitrogens with zero attached hydrogens (tertiary/aromatic N) is 4. The van der Waals surface area contributed by atoms with Gasteiger partial charge in [0.25, 0.3) is 5.56 Å². The highest BCUT2D eigenvalue weighted by Gasteiger charge is 2.23. The van der Waals surface area contributed by atoms with Crippen LogP contribution in [0.5, 0.6) is 0 Å². The highest BCUT2D eigenvalue weighted by molar-refractivity contribution is 14.1. The monoisotopic (exact) mass is 468 g/mol. The van der Waals surface area contributed by atoms with Gasteiger partial charge in [-0.25, -0.2) is 4.68 Å². The standard InChI is InChI=1S/C16H13IN4OS2/c1-9-13-7-19-21(2)15(22)14(13)24-16(20-9)23-8-10-3-4-12(17)5-11(10)6-18/h3-5,7,9H,8H2,1-2H3. The third kappa shape index (κ3) is 3.53. The second-order valence-corrected chi connectivity index (χ2v) is 8.70. The zero-order chi connectivity index (χ0) is 17.3. The highest BCUT2D eigenvalue weighted by Crippen LogP contribution is 2.37. The molecule has 0 radical (unpaired) electrons. The molecule has 1 aromatic carbocycles. The molecule has 122 valence electrons. The van der Waals surface area contributed by atoms with Gasteiger partial charge in [0, 0.05) is 21.9 Å². The maximum Gasteiger partial charge on any atom is 0.280 e. The van der Waals surface area contributed by atoms with Crippen LogP contribution in [0.3, 0.4) is 0 Å². The second kappa shape index (κ2) is 7.29. The molecule has 1 aliphatic heterocycles. The summed E-state index contributed by atoms with van der Waals surface area (Å²) in [7, 11) is 1.65. The van der Waals surface area contributed by atoms with E-state index in [0.717, 1.165) is 19.1 Å². The van der Waals surface area contributed by atoms with Crippen LogP contribution in [0.4, 0.5) is 0 Å². The number of halogens is 1. The van der Waals surface area contributed by atoms with Gasteiger partial charge in [0.05, 0.1) is 28.8 Å². The third-order valence-corrected chi connectivity index (χ3v) is 6.58. The van der Waals surface area contributed by atoms with Crippen LogP contribution in [0.1, 0.15) is 29.7 Å². The molecule has 0 saturated carbocycles. The van der Waals surface area contributed by atoms with E-state index < -0.39 is 0 Å². The topological polar surface area (TPSA) is 71.0 Å². The lowest BCUT2D eigenvalue weighted by molar-refractivity contribution is 0.657. The first kappa shape index (κ1) is 17.5. The molecule has 0 saturated heterocycles. The number of nitriles is 1. The van der Waals surface area contributed by atoms with Gasteiger partial charge in [-0.2, -0.15) is 10.4 Å². The summed E-state index contributed by atoms with van der Waals surface area (Å²) in [6.07, 6.45) is 1.71. The van der Waals surface area contributed by atoms with Crippen LogP contribution in [0.15, 0.2) is 39.1 Å². The fourth-order valence-electron chi connectivity index (χ4n) is 2.26. The number of thioether (sulfide) groups is 2. The van der Waals surface area contributed by atoms with Crippen molar-refractivity contribution in [2.45, 2.75) is 23.6 Å². The number of rotatable bonds is 2. The van der Waals surface area contributed by atoms with Crippen molar-refractivity contribution in [1.29, 1.82) is 5.26 Å². The fraction of sp³-hybridized carbons (Fsp3) is 0.250. The summed E-state index contributed by atoms with van der Waals surface area (Å²) in [5, 5.41) is 13.3. The Morgan fingerprint density at radius 1 is 1.50 bits per heavy atom. The molecule has 0 bridgehead atoms. The van der Waals surface area contributed by atoms with Gasteiger partial charge in [-0.15, -0.1) is 0 Å². The van der Waals surface area contributed by atoms with E-state index in [-0.39, 0.29) is 11.6 Å². The molecule has 1 atom stereocenters. The largest absolute Gasteiger partial charge is 0.280 e. The number of aromatic nitrogens is 2. The lowest BCUT2D eigenvalue weighted by Crippen LogP contribution is -2.24. The van der Waals surface area contributed by atoms with Gasteiger partial charge in [-0.1, -0.05) is 29.6 Å². The molecule has 1 aliphatic rings. The van der Waals surface area contributed by atoms with Crippen LogP contribution < -0.4 is 5.56 Å². The van der Waals surface area contributed by atoms with Gasteiger partial charge in [0.2, 0.25) is 0 Å². The Hall–Kier alpha value is -1.31. The lowest BCUT2D eigenvalue weighted by atomic mass is 10.1. The number of aliphatic imine (C=N–C) groups is 1. The van der Waals surface area contributed by atoms with E-state index in [1.807, 2.05) is 25.1 Å². The van der Waals surface area contributed by atoms with Crippen LogP contribution in [0.25, 0.3) is 0 Å². The van der Waals surface area contributed by atoms with Crippen molar-refractivity contribution in [3.63, 3.8) is 0 Å². The van der Waals surface area contributed by atoms with Gasteiger partial charge < -0.3 is 0 Å². The van der Waals surface area contributed by atoms with Gasteiger partial charge in [0.1, 0.15) is 4.38 Å². The van der Waals surface area contributed by atoms with Crippen LogP contribution in [-0.4, -0.2) is 14.2 Å². The summed E-state index contributed by atoms with van der Waals surface area (Å²) < 4.78 is 3.24. The zero-order valence-electron chi connectivity index (χ0n) is 13.0. The lowest BCUT2D eigenvalue weighted by Gasteiger charge is -2.19. The molecule has 24 heavy (non-hydrogen) atoms.